The summed E-state index contributed by atoms with van der Waals surface area (Å²) >= 11 is 1.62. The van der Waals surface area contributed by atoms with Gasteiger partial charge in [-0.15, -0.1) is 11.3 Å². The van der Waals surface area contributed by atoms with Crippen molar-refractivity contribution in [1.29, 1.82) is 0 Å². The van der Waals surface area contributed by atoms with Crippen molar-refractivity contribution in [2.75, 3.05) is 5.32 Å². The highest BCUT2D eigenvalue weighted by Gasteiger charge is 2.42. The Hall–Kier alpha value is -2.15. The molecule has 0 atom stereocenters. The molecule has 7 heteroatoms. The van der Waals surface area contributed by atoms with E-state index < -0.39 is 16.9 Å². The minimum Gasteiger partial charge on any atom is -0.479 e. The number of carboxylic acids is 1. The zero-order chi connectivity index (χ0) is 18.1. The van der Waals surface area contributed by atoms with Gasteiger partial charge in [-0.1, -0.05) is 25.3 Å². The lowest BCUT2D eigenvalue weighted by Gasteiger charge is -2.35. The van der Waals surface area contributed by atoms with Gasteiger partial charge in [0, 0.05) is 11.1 Å². The monoisotopic (exact) mass is 361 g/mol. The molecule has 1 saturated carbocycles. The van der Waals surface area contributed by atoms with Crippen molar-refractivity contribution in [1.82, 2.24) is 9.78 Å². The summed E-state index contributed by atoms with van der Waals surface area (Å²) in [5, 5.41) is 18.4. The number of hydrogen-bond acceptors (Lipinski definition) is 4. The van der Waals surface area contributed by atoms with Crippen LogP contribution in [0.15, 0.2) is 29.9 Å². The average molecular weight is 361 g/mol. The molecule has 2 aromatic heterocycles. The van der Waals surface area contributed by atoms with Crippen LogP contribution in [0, 0.1) is 0 Å². The van der Waals surface area contributed by atoms with Crippen LogP contribution in [0.25, 0.3) is 0 Å². The van der Waals surface area contributed by atoms with Gasteiger partial charge in [0.15, 0.2) is 5.54 Å². The Balaban J connectivity index is 1.83. The Kier molecular flexibility index (Phi) is 4.69. The van der Waals surface area contributed by atoms with E-state index in [9.17, 15) is 14.7 Å². The predicted octanol–water partition coefficient (Wildman–Crippen LogP) is 3.60. The van der Waals surface area contributed by atoms with E-state index in [0.29, 0.717) is 5.69 Å². The van der Waals surface area contributed by atoms with Crippen LogP contribution >= 0.6 is 11.3 Å². The van der Waals surface area contributed by atoms with Crippen LogP contribution in [0.2, 0.25) is 0 Å². The van der Waals surface area contributed by atoms with Gasteiger partial charge in [-0.2, -0.15) is 5.10 Å². The summed E-state index contributed by atoms with van der Waals surface area (Å²) in [6.07, 6.45) is 8.01. The number of amides is 1. The first-order chi connectivity index (χ1) is 11.9. The molecule has 1 amide bonds. The molecule has 134 valence electrons. The number of nitrogens with zero attached hydrogens (tertiary/aromatic N) is 2. The number of carbonyl (C=O) groups is 2. The first-order valence-electron chi connectivity index (χ1n) is 8.50. The maximum Gasteiger partial charge on any atom is 0.331 e. The van der Waals surface area contributed by atoms with E-state index in [1.807, 2.05) is 17.5 Å². The van der Waals surface area contributed by atoms with Gasteiger partial charge in [-0.3, -0.25) is 9.48 Å². The van der Waals surface area contributed by atoms with Crippen molar-refractivity contribution in [2.24, 2.45) is 0 Å². The number of rotatable bonds is 5. The molecule has 6 nitrogen and oxygen atoms in total. The second-order valence-electron chi connectivity index (χ2n) is 7.11. The summed E-state index contributed by atoms with van der Waals surface area (Å²) in [6, 6.07) is 4.02. The Labute approximate surface area is 150 Å². The Bertz CT molecular complexity index is 758. The van der Waals surface area contributed by atoms with Crippen LogP contribution < -0.4 is 5.32 Å². The fourth-order valence-corrected chi connectivity index (χ4v) is 4.32. The number of hydrogen-bond donors (Lipinski definition) is 2. The van der Waals surface area contributed by atoms with Crippen LogP contribution in [0.3, 0.4) is 0 Å². The number of carboxylic acid groups (broad SMARTS) is 1. The van der Waals surface area contributed by atoms with Crippen molar-refractivity contribution in [3.63, 3.8) is 0 Å². The van der Waals surface area contributed by atoms with Crippen molar-refractivity contribution in [2.45, 2.75) is 56.9 Å². The van der Waals surface area contributed by atoms with Gasteiger partial charge in [0.1, 0.15) is 0 Å². The fourth-order valence-electron chi connectivity index (χ4n) is 3.33. The maximum absolute atomic E-state index is 13.1. The second kappa shape index (κ2) is 6.63. The number of aromatic nitrogens is 2. The third-order valence-electron chi connectivity index (χ3n) is 5.07. The molecule has 3 rings (SSSR count). The van der Waals surface area contributed by atoms with Crippen LogP contribution in [0.1, 0.15) is 50.8 Å². The summed E-state index contributed by atoms with van der Waals surface area (Å²) in [7, 11) is 0. The number of aliphatic carboxylic acids is 1. The molecule has 1 fully saturated rings. The normalized spacial score (nSPS) is 17.2. The van der Waals surface area contributed by atoms with Gasteiger partial charge < -0.3 is 10.4 Å². The van der Waals surface area contributed by atoms with E-state index in [0.717, 1.165) is 37.0 Å². The van der Waals surface area contributed by atoms with Gasteiger partial charge in [-0.25, -0.2) is 4.79 Å². The van der Waals surface area contributed by atoms with E-state index in [1.54, 1.807) is 31.4 Å². The molecule has 2 aromatic rings. The summed E-state index contributed by atoms with van der Waals surface area (Å²) < 4.78 is 1.36. The predicted molar refractivity (Wildman–Crippen MR) is 96.9 cm³/mol. The molecule has 0 saturated heterocycles. The molecule has 1 aliphatic rings. The number of anilines is 1. The molecule has 0 spiro atoms. The number of carbonyl (C=O) groups excluding carboxylic acids is 1. The lowest BCUT2D eigenvalue weighted by atomic mass is 9.72. The molecule has 25 heavy (non-hydrogen) atoms. The molecular formula is C18H23N3O3S. The van der Waals surface area contributed by atoms with Crippen LogP contribution in [-0.2, 0) is 20.5 Å². The van der Waals surface area contributed by atoms with Crippen molar-refractivity contribution in [3.05, 3.63) is 34.8 Å². The minimum absolute atomic E-state index is 0.0256. The van der Waals surface area contributed by atoms with Crippen molar-refractivity contribution >= 4 is 28.9 Å². The lowest BCUT2D eigenvalue weighted by molar-refractivity contribution is -0.146. The summed E-state index contributed by atoms with van der Waals surface area (Å²) in [5.41, 5.74) is -1.13. The Morgan fingerprint density at radius 2 is 2.04 bits per heavy atom. The van der Waals surface area contributed by atoms with Gasteiger partial charge in [-0.05, 0) is 38.1 Å². The molecule has 0 aromatic carbocycles. The van der Waals surface area contributed by atoms with Gasteiger partial charge >= 0.3 is 5.97 Å². The SMILES string of the molecule is CC(C)(C(=O)O)n1cc(NC(=O)C2(c3cccs3)CCCCC2)cn1. The highest BCUT2D eigenvalue weighted by atomic mass is 32.1. The topological polar surface area (TPSA) is 84.2 Å². The first kappa shape index (κ1) is 17.7. The highest BCUT2D eigenvalue weighted by molar-refractivity contribution is 7.10. The van der Waals surface area contributed by atoms with Crippen molar-refractivity contribution < 1.29 is 14.7 Å². The van der Waals surface area contributed by atoms with Gasteiger partial charge in [0.05, 0.1) is 17.3 Å². The van der Waals surface area contributed by atoms with Crippen molar-refractivity contribution in [3.8, 4) is 0 Å². The number of thiophene rings is 1. The standard InChI is InChI=1S/C18H23N3O3S/c1-17(2,16(23)24)21-12-13(11-19-21)20-15(22)18(8-4-3-5-9-18)14-7-6-10-25-14/h6-7,10-12H,3-5,8-9H2,1-2H3,(H,20,22)(H,23,24). The molecule has 1 aliphatic carbocycles. The molecular weight excluding hydrogens is 338 g/mol. The second-order valence-corrected chi connectivity index (χ2v) is 8.06. The van der Waals surface area contributed by atoms with E-state index in [-0.39, 0.29) is 5.91 Å². The van der Waals surface area contributed by atoms with E-state index in [1.165, 1.54) is 10.9 Å². The number of nitrogens with one attached hydrogen (secondary N) is 1. The van der Waals surface area contributed by atoms with Gasteiger partial charge in [0.2, 0.25) is 5.91 Å². The van der Waals surface area contributed by atoms with E-state index >= 15 is 0 Å². The third kappa shape index (κ3) is 3.20. The lowest BCUT2D eigenvalue weighted by Crippen LogP contribution is -2.41. The zero-order valence-electron chi connectivity index (χ0n) is 14.5. The maximum atomic E-state index is 13.1. The van der Waals surface area contributed by atoms with Gasteiger partial charge in [0.25, 0.3) is 0 Å². The largest absolute Gasteiger partial charge is 0.479 e. The molecule has 2 heterocycles. The zero-order valence-corrected chi connectivity index (χ0v) is 15.3. The fraction of sp³-hybridized carbons (Fsp3) is 0.500. The molecule has 0 radical (unpaired) electrons. The summed E-state index contributed by atoms with van der Waals surface area (Å²) in [4.78, 5) is 25.6. The van der Waals surface area contributed by atoms with E-state index in [2.05, 4.69) is 10.4 Å². The quantitative estimate of drug-likeness (QED) is 0.852. The Morgan fingerprint density at radius 1 is 1.32 bits per heavy atom. The Morgan fingerprint density at radius 3 is 2.64 bits per heavy atom. The first-order valence-corrected chi connectivity index (χ1v) is 9.38. The van der Waals surface area contributed by atoms with E-state index in [4.69, 9.17) is 0 Å². The van der Waals surface area contributed by atoms with Crippen LogP contribution in [0.4, 0.5) is 5.69 Å². The van der Waals surface area contributed by atoms with Crippen LogP contribution in [-0.4, -0.2) is 26.8 Å². The molecule has 2 N–H and O–H groups in total. The molecule has 0 aliphatic heterocycles. The molecule has 0 unspecified atom stereocenters. The smallest absolute Gasteiger partial charge is 0.331 e. The summed E-state index contributed by atoms with van der Waals surface area (Å²) in [6.45, 7) is 3.14. The summed E-state index contributed by atoms with van der Waals surface area (Å²) in [5.74, 6) is -1.00. The molecule has 0 bridgehead atoms. The minimum atomic E-state index is -1.17. The van der Waals surface area contributed by atoms with Crippen LogP contribution in [0.5, 0.6) is 0 Å². The third-order valence-corrected chi connectivity index (χ3v) is 6.15. The average Bonchev–Trinajstić information content (AvgIpc) is 3.27. The highest BCUT2D eigenvalue weighted by Crippen LogP contribution is 2.42.